The number of piperazine rings is 1. The number of non-ortho nitro benzene ring substituents is 1. The van der Waals surface area contributed by atoms with E-state index < -0.39 is 14.9 Å². The minimum Gasteiger partial charge on any atom is -0.493 e. The van der Waals surface area contributed by atoms with Gasteiger partial charge in [0.2, 0.25) is 10.0 Å². The second kappa shape index (κ2) is 10.3. The average molecular weight is 464 g/mol. The smallest absolute Gasteiger partial charge is 0.269 e. The summed E-state index contributed by atoms with van der Waals surface area (Å²) in [5.74, 6) is 1.81. The van der Waals surface area contributed by atoms with Crippen LogP contribution in [-0.4, -0.2) is 62.4 Å². The molecule has 1 aliphatic heterocycles. The monoisotopic (exact) mass is 463 g/mol. The lowest BCUT2D eigenvalue weighted by atomic mass is 10.1. The van der Waals surface area contributed by atoms with E-state index in [2.05, 4.69) is 18.7 Å². The van der Waals surface area contributed by atoms with E-state index in [0.29, 0.717) is 56.7 Å². The Morgan fingerprint density at radius 1 is 1.03 bits per heavy atom. The van der Waals surface area contributed by atoms with E-state index in [1.807, 2.05) is 18.2 Å². The summed E-state index contributed by atoms with van der Waals surface area (Å²) in [5.41, 5.74) is 0.926. The first kappa shape index (κ1) is 24.0. The number of rotatable bonds is 9. The normalized spacial score (nSPS) is 15.6. The van der Waals surface area contributed by atoms with Gasteiger partial charge in [0.1, 0.15) is 0 Å². The van der Waals surface area contributed by atoms with E-state index in [4.69, 9.17) is 9.47 Å². The van der Waals surface area contributed by atoms with Gasteiger partial charge in [-0.25, -0.2) is 8.42 Å². The van der Waals surface area contributed by atoms with Crippen LogP contribution in [0.3, 0.4) is 0 Å². The van der Waals surface area contributed by atoms with Crippen molar-refractivity contribution < 1.29 is 22.8 Å². The van der Waals surface area contributed by atoms with Crippen molar-refractivity contribution in [3.63, 3.8) is 0 Å². The summed E-state index contributed by atoms with van der Waals surface area (Å²) >= 11 is 0. The molecule has 0 unspecified atom stereocenters. The van der Waals surface area contributed by atoms with Crippen molar-refractivity contribution in [2.45, 2.75) is 25.3 Å². The molecule has 3 rings (SSSR count). The summed E-state index contributed by atoms with van der Waals surface area (Å²) in [6.45, 7) is 7.33. The van der Waals surface area contributed by atoms with Crippen molar-refractivity contribution in [3.05, 3.63) is 58.1 Å². The Morgan fingerprint density at radius 3 is 2.25 bits per heavy atom. The molecule has 0 aromatic heterocycles. The lowest BCUT2D eigenvalue weighted by molar-refractivity contribution is -0.384. The predicted molar refractivity (Wildman–Crippen MR) is 120 cm³/mol. The molecule has 0 N–H and O–H groups in total. The van der Waals surface area contributed by atoms with Crippen LogP contribution in [0, 0.1) is 16.0 Å². The Balaban J connectivity index is 1.60. The largest absolute Gasteiger partial charge is 0.493 e. The van der Waals surface area contributed by atoms with Crippen LogP contribution in [-0.2, 0) is 16.6 Å². The summed E-state index contributed by atoms with van der Waals surface area (Å²) in [7, 11) is -2.07. The van der Waals surface area contributed by atoms with Crippen molar-refractivity contribution in [1.29, 1.82) is 0 Å². The maximum Gasteiger partial charge on any atom is 0.269 e. The maximum absolute atomic E-state index is 12.9. The molecule has 1 aliphatic rings. The molecule has 2 aromatic carbocycles. The molecule has 2 aromatic rings. The molecule has 9 nitrogen and oxygen atoms in total. The molecular formula is C22H29N3O6S. The standard InChI is InChI=1S/C22H29N3O6S/c1-17(2)16-31-21-9-4-18(14-22(21)30-3)15-23-10-12-24(13-11-23)32(28,29)20-7-5-19(6-8-20)25(26)27/h4-9,14,17H,10-13,15-16H2,1-3H3. The molecule has 10 heteroatoms. The topological polar surface area (TPSA) is 102 Å². The minimum atomic E-state index is -3.68. The average Bonchev–Trinajstić information content (AvgIpc) is 2.78. The van der Waals surface area contributed by atoms with Crippen LogP contribution >= 0.6 is 0 Å². The Hall–Kier alpha value is -2.69. The molecule has 0 bridgehead atoms. The molecule has 0 saturated carbocycles. The van der Waals surface area contributed by atoms with Gasteiger partial charge in [-0.3, -0.25) is 15.0 Å². The fourth-order valence-corrected chi connectivity index (χ4v) is 4.88. The van der Waals surface area contributed by atoms with Crippen molar-refractivity contribution in [3.8, 4) is 11.5 Å². The summed E-state index contributed by atoms with van der Waals surface area (Å²) in [6, 6.07) is 10.9. The zero-order valence-electron chi connectivity index (χ0n) is 18.6. The third-order valence-electron chi connectivity index (χ3n) is 5.22. The lowest BCUT2D eigenvalue weighted by Crippen LogP contribution is -2.48. The third-order valence-corrected chi connectivity index (χ3v) is 7.14. The molecule has 0 aliphatic carbocycles. The summed E-state index contributed by atoms with van der Waals surface area (Å²) in [5, 5.41) is 10.8. The van der Waals surface area contributed by atoms with Gasteiger partial charge in [0.05, 0.1) is 23.5 Å². The number of hydrogen-bond donors (Lipinski definition) is 0. The quantitative estimate of drug-likeness (QED) is 0.416. The Kier molecular flexibility index (Phi) is 7.70. The van der Waals surface area contributed by atoms with Gasteiger partial charge < -0.3 is 9.47 Å². The van der Waals surface area contributed by atoms with Gasteiger partial charge in [-0.15, -0.1) is 0 Å². The van der Waals surface area contributed by atoms with E-state index in [1.165, 1.54) is 28.6 Å². The zero-order chi connectivity index (χ0) is 23.3. The van der Waals surface area contributed by atoms with Crippen LogP contribution in [0.4, 0.5) is 5.69 Å². The zero-order valence-corrected chi connectivity index (χ0v) is 19.4. The second-order valence-corrected chi connectivity index (χ2v) is 10.1. The van der Waals surface area contributed by atoms with Crippen LogP contribution in [0.2, 0.25) is 0 Å². The highest BCUT2D eigenvalue weighted by Gasteiger charge is 2.29. The highest BCUT2D eigenvalue weighted by atomic mass is 32.2. The Morgan fingerprint density at radius 2 is 1.69 bits per heavy atom. The molecule has 174 valence electrons. The number of methoxy groups -OCH3 is 1. The van der Waals surface area contributed by atoms with Crippen LogP contribution in [0.1, 0.15) is 19.4 Å². The second-order valence-electron chi connectivity index (χ2n) is 8.12. The summed E-state index contributed by atoms with van der Waals surface area (Å²) in [4.78, 5) is 12.5. The fraction of sp³-hybridized carbons (Fsp3) is 0.455. The van der Waals surface area contributed by atoms with Crippen molar-refractivity contribution in [2.24, 2.45) is 5.92 Å². The van der Waals surface area contributed by atoms with E-state index in [0.717, 1.165) is 5.56 Å². The molecule has 0 atom stereocenters. The number of nitro benzene ring substituents is 1. The van der Waals surface area contributed by atoms with Gasteiger partial charge in [-0.05, 0) is 35.7 Å². The van der Waals surface area contributed by atoms with E-state index >= 15 is 0 Å². The molecule has 1 fully saturated rings. The third kappa shape index (κ3) is 5.76. The predicted octanol–water partition coefficient (Wildman–Crippen LogP) is 3.14. The first-order chi connectivity index (χ1) is 15.2. The number of benzene rings is 2. The van der Waals surface area contributed by atoms with Crippen LogP contribution in [0.15, 0.2) is 47.4 Å². The molecule has 0 spiro atoms. The van der Waals surface area contributed by atoms with Gasteiger partial charge in [0.15, 0.2) is 11.5 Å². The summed E-state index contributed by atoms with van der Waals surface area (Å²) < 4.78 is 38.4. The molecule has 0 amide bonds. The van der Waals surface area contributed by atoms with Gasteiger partial charge in [0.25, 0.3) is 5.69 Å². The number of sulfonamides is 1. The first-order valence-electron chi connectivity index (χ1n) is 10.5. The molecule has 32 heavy (non-hydrogen) atoms. The van der Waals surface area contributed by atoms with Crippen LogP contribution in [0.25, 0.3) is 0 Å². The number of nitro groups is 1. The van der Waals surface area contributed by atoms with Crippen molar-refractivity contribution >= 4 is 15.7 Å². The Bertz CT molecular complexity index is 1030. The van der Waals surface area contributed by atoms with Gasteiger partial charge in [-0.2, -0.15) is 4.31 Å². The lowest BCUT2D eigenvalue weighted by Gasteiger charge is -2.34. The van der Waals surface area contributed by atoms with Crippen molar-refractivity contribution in [2.75, 3.05) is 39.9 Å². The first-order valence-corrected chi connectivity index (χ1v) is 11.9. The van der Waals surface area contributed by atoms with E-state index in [-0.39, 0.29) is 10.6 Å². The number of nitrogens with zero attached hydrogens (tertiary/aromatic N) is 3. The Labute approximate surface area is 188 Å². The van der Waals surface area contributed by atoms with E-state index in [9.17, 15) is 18.5 Å². The van der Waals surface area contributed by atoms with Crippen molar-refractivity contribution in [1.82, 2.24) is 9.21 Å². The molecule has 0 radical (unpaired) electrons. The SMILES string of the molecule is COc1cc(CN2CCN(S(=O)(=O)c3ccc([N+](=O)[O-])cc3)CC2)ccc1OCC(C)C. The maximum atomic E-state index is 12.9. The highest BCUT2D eigenvalue weighted by Crippen LogP contribution is 2.29. The molecule has 1 saturated heterocycles. The number of ether oxygens (including phenoxy) is 2. The van der Waals surface area contributed by atoms with Gasteiger partial charge in [0, 0.05) is 44.9 Å². The van der Waals surface area contributed by atoms with Crippen LogP contribution in [0.5, 0.6) is 11.5 Å². The molecule has 1 heterocycles. The van der Waals surface area contributed by atoms with E-state index in [1.54, 1.807) is 7.11 Å². The highest BCUT2D eigenvalue weighted by molar-refractivity contribution is 7.89. The molecular weight excluding hydrogens is 434 g/mol. The number of hydrogen-bond acceptors (Lipinski definition) is 7. The van der Waals surface area contributed by atoms with Gasteiger partial charge >= 0.3 is 0 Å². The fourth-order valence-electron chi connectivity index (χ4n) is 3.46. The minimum absolute atomic E-state index is 0.0678. The summed E-state index contributed by atoms with van der Waals surface area (Å²) in [6.07, 6.45) is 0. The van der Waals surface area contributed by atoms with Gasteiger partial charge in [-0.1, -0.05) is 19.9 Å². The van der Waals surface area contributed by atoms with Crippen LogP contribution < -0.4 is 9.47 Å².